The fourth-order valence-corrected chi connectivity index (χ4v) is 4.42. The molecule has 1 aromatic heterocycles. The van der Waals surface area contributed by atoms with Gasteiger partial charge in [-0.3, -0.25) is 0 Å². The molecular weight excluding hydrogens is 499 g/mol. The summed E-state index contributed by atoms with van der Waals surface area (Å²) in [6.07, 6.45) is 1.99. The molecule has 2 aromatic carbocycles. The number of methoxy groups -OCH3 is 2. The van der Waals surface area contributed by atoms with E-state index in [1.807, 2.05) is 0 Å². The van der Waals surface area contributed by atoms with Crippen molar-refractivity contribution in [2.75, 3.05) is 26.1 Å². The normalized spacial score (nSPS) is 15.8. The number of anilines is 1. The summed E-state index contributed by atoms with van der Waals surface area (Å²) in [6, 6.07) is 6.53. The van der Waals surface area contributed by atoms with Crippen molar-refractivity contribution in [2.45, 2.75) is 64.2 Å². The third-order valence-corrected chi connectivity index (χ3v) is 6.80. The summed E-state index contributed by atoms with van der Waals surface area (Å²) >= 11 is 0. The van der Waals surface area contributed by atoms with Crippen LogP contribution < -0.4 is 14.8 Å². The standard InChI is InChI=1S/C28H34F3N3O4/c1-15(18-8-7-9-20(25(18)29)28(30,31)27(3,4)35)32-26-19-12-23(38-24(14-36-5)17-10-11-17)22(37-6)13-21(19)33-16(2)34-26/h7-9,12-13,15,17,24,35H,10-11,14H2,1-6H3,(H,32,33,34)/t15-,24?/m1/s1. The molecule has 0 saturated heterocycles. The molecule has 1 fully saturated rings. The van der Waals surface area contributed by atoms with Crippen molar-refractivity contribution in [3.05, 3.63) is 53.1 Å². The monoisotopic (exact) mass is 533 g/mol. The lowest BCUT2D eigenvalue weighted by molar-refractivity contribution is -0.170. The first-order chi connectivity index (χ1) is 17.9. The van der Waals surface area contributed by atoms with E-state index in [-0.39, 0.29) is 11.7 Å². The number of nitrogens with one attached hydrogen (secondary N) is 1. The van der Waals surface area contributed by atoms with E-state index in [1.54, 1.807) is 40.2 Å². The lowest BCUT2D eigenvalue weighted by Gasteiger charge is -2.30. The van der Waals surface area contributed by atoms with Gasteiger partial charge in [0, 0.05) is 24.1 Å². The highest BCUT2D eigenvalue weighted by atomic mass is 19.3. The van der Waals surface area contributed by atoms with Gasteiger partial charge in [-0.2, -0.15) is 8.78 Å². The van der Waals surface area contributed by atoms with E-state index >= 15 is 4.39 Å². The Morgan fingerprint density at radius 3 is 2.45 bits per heavy atom. The van der Waals surface area contributed by atoms with Crippen LogP contribution in [-0.4, -0.2) is 47.6 Å². The van der Waals surface area contributed by atoms with Crippen molar-refractivity contribution in [3.8, 4) is 11.5 Å². The van der Waals surface area contributed by atoms with Crippen molar-refractivity contribution in [1.82, 2.24) is 9.97 Å². The number of hydrogen-bond donors (Lipinski definition) is 2. The number of fused-ring (bicyclic) bond motifs is 1. The zero-order chi connectivity index (χ0) is 27.8. The molecule has 1 saturated carbocycles. The van der Waals surface area contributed by atoms with Crippen molar-refractivity contribution >= 4 is 16.7 Å². The largest absolute Gasteiger partial charge is 0.493 e. The molecule has 1 unspecified atom stereocenters. The summed E-state index contributed by atoms with van der Waals surface area (Å²) in [5.74, 6) is -2.64. The van der Waals surface area contributed by atoms with Crippen LogP contribution in [0.25, 0.3) is 10.9 Å². The number of alkyl halides is 2. The molecule has 0 bridgehead atoms. The van der Waals surface area contributed by atoms with Crippen LogP contribution in [-0.2, 0) is 10.7 Å². The van der Waals surface area contributed by atoms with Crippen LogP contribution in [0.1, 0.15) is 56.6 Å². The first kappa shape index (κ1) is 27.9. The molecular formula is C28H34F3N3O4. The number of halogens is 3. The Bertz CT molecular complexity index is 1310. The summed E-state index contributed by atoms with van der Waals surface area (Å²) in [5.41, 5.74) is -2.73. The molecule has 3 aromatic rings. The first-order valence-corrected chi connectivity index (χ1v) is 12.5. The fourth-order valence-electron chi connectivity index (χ4n) is 4.42. The van der Waals surface area contributed by atoms with Crippen molar-refractivity contribution in [1.29, 1.82) is 0 Å². The van der Waals surface area contributed by atoms with E-state index in [2.05, 4.69) is 15.3 Å². The van der Waals surface area contributed by atoms with Gasteiger partial charge in [-0.1, -0.05) is 12.1 Å². The third-order valence-electron chi connectivity index (χ3n) is 6.80. The van der Waals surface area contributed by atoms with Crippen molar-refractivity contribution in [2.24, 2.45) is 5.92 Å². The average molecular weight is 534 g/mol. The maximum absolute atomic E-state index is 15.4. The van der Waals surface area contributed by atoms with Crippen LogP contribution in [0.15, 0.2) is 30.3 Å². The fraction of sp³-hybridized carbons (Fsp3) is 0.500. The van der Waals surface area contributed by atoms with E-state index < -0.39 is 28.9 Å². The molecule has 0 amide bonds. The Morgan fingerprint density at radius 1 is 1.13 bits per heavy atom. The summed E-state index contributed by atoms with van der Waals surface area (Å²) in [7, 11) is 3.17. The second-order valence-electron chi connectivity index (χ2n) is 10.3. The van der Waals surface area contributed by atoms with E-state index in [0.29, 0.717) is 46.6 Å². The molecule has 0 aliphatic heterocycles. The van der Waals surface area contributed by atoms with Gasteiger partial charge >= 0.3 is 5.92 Å². The van der Waals surface area contributed by atoms with Crippen LogP contribution in [0, 0.1) is 18.7 Å². The van der Waals surface area contributed by atoms with Gasteiger partial charge in [0.05, 0.1) is 30.8 Å². The van der Waals surface area contributed by atoms with Crippen LogP contribution in [0.3, 0.4) is 0 Å². The van der Waals surface area contributed by atoms with Gasteiger partial charge in [0.2, 0.25) is 0 Å². The van der Waals surface area contributed by atoms with Gasteiger partial charge in [-0.25, -0.2) is 14.4 Å². The predicted molar refractivity (Wildman–Crippen MR) is 138 cm³/mol. The SMILES string of the molecule is COCC(Oc1cc2c(N[C@H](C)c3cccc(C(F)(F)C(C)(C)O)c3F)nc(C)nc2cc1OC)C1CC1. The molecule has 2 N–H and O–H groups in total. The maximum atomic E-state index is 15.4. The lowest BCUT2D eigenvalue weighted by atomic mass is 9.91. The van der Waals surface area contributed by atoms with Crippen molar-refractivity contribution < 1.29 is 32.5 Å². The van der Waals surface area contributed by atoms with Gasteiger partial charge < -0.3 is 24.6 Å². The highest BCUT2D eigenvalue weighted by Crippen LogP contribution is 2.42. The molecule has 206 valence electrons. The number of aryl methyl sites for hydroxylation is 1. The van der Waals surface area contributed by atoms with Crippen molar-refractivity contribution in [3.63, 3.8) is 0 Å². The maximum Gasteiger partial charge on any atom is 0.303 e. The number of aliphatic hydroxyl groups is 1. The van der Waals surface area contributed by atoms with Gasteiger partial charge in [0.1, 0.15) is 29.2 Å². The molecule has 0 radical (unpaired) electrons. The molecule has 0 spiro atoms. The molecule has 10 heteroatoms. The van der Waals surface area contributed by atoms with Crippen LogP contribution in [0.2, 0.25) is 0 Å². The minimum Gasteiger partial charge on any atom is -0.493 e. The Balaban J connectivity index is 1.72. The number of nitrogens with zero attached hydrogens (tertiary/aromatic N) is 2. The summed E-state index contributed by atoms with van der Waals surface area (Å²) in [4.78, 5) is 9.02. The summed E-state index contributed by atoms with van der Waals surface area (Å²) in [5, 5.41) is 13.7. The average Bonchev–Trinajstić information content (AvgIpc) is 3.68. The molecule has 38 heavy (non-hydrogen) atoms. The van der Waals surface area contributed by atoms with Gasteiger partial charge in [-0.15, -0.1) is 0 Å². The van der Waals surface area contributed by atoms with Gasteiger partial charge in [-0.05, 0) is 58.6 Å². The number of ether oxygens (including phenoxy) is 3. The van der Waals surface area contributed by atoms with Gasteiger partial charge in [0.15, 0.2) is 11.5 Å². The highest BCUT2D eigenvalue weighted by molar-refractivity contribution is 5.92. The van der Waals surface area contributed by atoms with E-state index in [9.17, 15) is 13.9 Å². The second kappa shape index (κ2) is 10.6. The third kappa shape index (κ3) is 5.51. The van der Waals surface area contributed by atoms with Crippen LogP contribution in [0.4, 0.5) is 19.0 Å². The lowest BCUT2D eigenvalue weighted by Crippen LogP contribution is -2.41. The Labute approximate surface area is 220 Å². The Kier molecular flexibility index (Phi) is 7.76. The number of rotatable bonds is 11. The minimum atomic E-state index is -3.80. The molecule has 1 aliphatic rings. The number of hydrogen-bond acceptors (Lipinski definition) is 7. The zero-order valence-corrected chi connectivity index (χ0v) is 22.4. The van der Waals surface area contributed by atoms with E-state index in [4.69, 9.17) is 14.2 Å². The number of benzene rings is 2. The van der Waals surface area contributed by atoms with Crippen LogP contribution in [0.5, 0.6) is 11.5 Å². The number of aromatic nitrogens is 2. The molecule has 4 rings (SSSR count). The minimum absolute atomic E-state index is 0.00900. The highest BCUT2D eigenvalue weighted by Gasteiger charge is 2.49. The Morgan fingerprint density at radius 2 is 1.84 bits per heavy atom. The quantitative estimate of drug-likeness (QED) is 0.316. The zero-order valence-electron chi connectivity index (χ0n) is 22.4. The second-order valence-corrected chi connectivity index (χ2v) is 10.3. The van der Waals surface area contributed by atoms with Gasteiger partial charge in [0.25, 0.3) is 0 Å². The molecule has 1 aliphatic carbocycles. The first-order valence-electron chi connectivity index (χ1n) is 12.5. The van der Waals surface area contributed by atoms with E-state index in [1.165, 1.54) is 12.1 Å². The summed E-state index contributed by atoms with van der Waals surface area (Å²) in [6.45, 7) is 5.70. The van der Waals surface area contributed by atoms with Crippen LogP contribution >= 0.6 is 0 Å². The molecule has 2 atom stereocenters. The molecule has 1 heterocycles. The smallest absolute Gasteiger partial charge is 0.303 e. The molecule has 7 nitrogen and oxygen atoms in total. The topological polar surface area (TPSA) is 85.7 Å². The predicted octanol–water partition coefficient (Wildman–Crippen LogP) is 5.93. The Hall–Kier alpha value is -3.11. The van der Waals surface area contributed by atoms with E-state index in [0.717, 1.165) is 32.8 Å². The summed E-state index contributed by atoms with van der Waals surface area (Å²) < 4.78 is 62.2.